The fourth-order valence-electron chi connectivity index (χ4n) is 3.66. The molecule has 0 spiro atoms. The SMILES string of the molecule is Cc1cc(N2CCC(c3n[nH]c(=O)n3Cc3ccccc3)CC2)nc(N)n1. The first kappa shape index (κ1) is 17.3. The first-order chi connectivity index (χ1) is 13.1. The second kappa shape index (κ2) is 7.22. The minimum Gasteiger partial charge on any atom is -0.368 e. The summed E-state index contributed by atoms with van der Waals surface area (Å²) >= 11 is 0. The van der Waals surface area contributed by atoms with Crippen LogP contribution >= 0.6 is 0 Å². The van der Waals surface area contributed by atoms with Crippen LogP contribution in [0.15, 0.2) is 41.2 Å². The highest BCUT2D eigenvalue weighted by molar-refractivity contribution is 5.43. The Morgan fingerprint density at radius 1 is 1.19 bits per heavy atom. The van der Waals surface area contributed by atoms with E-state index in [4.69, 9.17) is 5.73 Å². The van der Waals surface area contributed by atoms with Crippen LogP contribution in [0.5, 0.6) is 0 Å². The second-order valence-electron chi connectivity index (χ2n) is 6.95. The summed E-state index contributed by atoms with van der Waals surface area (Å²) in [6.07, 6.45) is 1.81. The molecular formula is C19H23N7O. The minimum atomic E-state index is -0.157. The fraction of sp³-hybridized carbons (Fsp3) is 0.368. The summed E-state index contributed by atoms with van der Waals surface area (Å²) < 4.78 is 1.75. The molecule has 0 saturated carbocycles. The molecule has 0 amide bonds. The van der Waals surface area contributed by atoms with Crippen LogP contribution in [0.1, 0.15) is 35.8 Å². The number of nitrogens with one attached hydrogen (secondary N) is 1. The number of rotatable bonds is 4. The summed E-state index contributed by atoms with van der Waals surface area (Å²) in [4.78, 5) is 22.9. The van der Waals surface area contributed by atoms with Crippen molar-refractivity contribution in [2.75, 3.05) is 23.7 Å². The van der Waals surface area contributed by atoms with E-state index in [0.29, 0.717) is 12.5 Å². The maximum atomic E-state index is 12.3. The third kappa shape index (κ3) is 3.69. The average Bonchev–Trinajstić information content (AvgIpc) is 3.02. The number of nitrogens with zero attached hydrogens (tertiary/aromatic N) is 5. The molecule has 3 heterocycles. The summed E-state index contributed by atoms with van der Waals surface area (Å²) in [6, 6.07) is 11.9. The van der Waals surface area contributed by atoms with Crippen LogP contribution in [-0.2, 0) is 6.54 Å². The lowest BCUT2D eigenvalue weighted by Gasteiger charge is -2.32. The lowest BCUT2D eigenvalue weighted by atomic mass is 9.95. The number of aromatic nitrogens is 5. The number of piperidine rings is 1. The Morgan fingerprint density at radius 3 is 2.63 bits per heavy atom. The van der Waals surface area contributed by atoms with E-state index in [9.17, 15) is 4.79 Å². The fourth-order valence-corrected chi connectivity index (χ4v) is 3.66. The predicted molar refractivity (Wildman–Crippen MR) is 104 cm³/mol. The maximum Gasteiger partial charge on any atom is 0.343 e. The number of hydrogen-bond donors (Lipinski definition) is 2. The van der Waals surface area contributed by atoms with Crippen LogP contribution in [0, 0.1) is 6.92 Å². The highest BCUT2D eigenvalue weighted by Gasteiger charge is 2.26. The van der Waals surface area contributed by atoms with Gasteiger partial charge in [0, 0.05) is 30.8 Å². The van der Waals surface area contributed by atoms with Crippen molar-refractivity contribution < 1.29 is 0 Å². The molecule has 3 aromatic rings. The van der Waals surface area contributed by atoms with Gasteiger partial charge in [-0.15, -0.1) is 0 Å². The van der Waals surface area contributed by atoms with Gasteiger partial charge in [-0.2, -0.15) is 10.1 Å². The van der Waals surface area contributed by atoms with Gasteiger partial charge in [-0.05, 0) is 25.3 Å². The number of nitrogen functional groups attached to an aromatic ring is 1. The van der Waals surface area contributed by atoms with Gasteiger partial charge in [-0.25, -0.2) is 14.9 Å². The molecule has 4 rings (SSSR count). The topological polar surface area (TPSA) is 106 Å². The van der Waals surface area contributed by atoms with Crippen LogP contribution in [0.4, 0.5) is 11.8 Å². The van der Waals surface area contributed by atoms with Crippen molar-refractivity contribution in [1.29, 1.82) is 0 Å². The van der Waals surface area contributed by atoms with Gasteiger partial charge >= 0.3 is 5.69 Å². The number of benzene rings is 1. The lowest BCUT2D eigenvalue weighted by Crippen LogP contribution is -2.35. The number of aromatic amines is 1. The molecule has 8 nitrogen and oxygen atoms in total. The molecule has 2 aromatic heterocycles. The van der Waals surface area contributed by atoms with E-state index >= 15 is 0 Å². The zero-order valence-electron chi connectivity index (χ0n) is 15.3. The van der Waals surface area contributed by atoms with Crippen LogP contribution in [-0.4, -0.2) is 37.8 Å². The largest absolute Gasteiger partial charge is 0.368 e. The van der Waals surface area contributed by atoms with E-state index < -0.39 is 0 Å². The molecule has 1 saturated heterocycles. The van der Waals surface area contributed by atoms with Crippen molar-refractivity contribution in [3.05, 3.63) is 64.0 Å². The highest BCUT2D eigenvalue weighted by Crippen LogP contribution is 2.28. The van der Waals surface area contributed by atoms with Crippen molar-refractivity contribution in [3.63, 3.8) is 0 Å². The Balaban J connectivity index is 1.49. The van der Waals surface area contributed by atoms with Gasteiger partial charge in [-0.3, -0.25) is 4.57 Å². The third-order valence-electron chi connectivity index (χ3n) is 5.01. The van der Waals surface area contributed by atoms with Crippen LogP contribution < -0.4 is 16.3 Å². The molecule has 0 bridgehead atoms. The Hall–Kier alpha value is -3.16. The quantitative estimate of drug-likeness (QED) is 0.729. The van der Waals surface area contributed by atoms with E-state index in [1.807, 2.05) is 43.3 Å². The molecule has 3 N–H and O–H groups in total. The molecule has 1 aliphatic rings. The Bertz CT molecular complexity index is 951. The lowest BCUT2D eigenvalue weighted by molar-refractivity contribution is 0.466. The Labute approximate surface area is 157 Å². The molecule has 0 radical (unpaired) electrons. The van der Waals surface area contributed by atoms with Gasteiger partial charge in [0.25, 0.3) is 0 Å². The number of nitrogens with two attached hydrogens (primary N) is 1. The first-order valence-corrected chi connectivity index (χ1v) is 9.15. The number of hydrogen-bond acceptors (Lipinski definition) is 6. The first-order valence-electron chi connectivity index (χ1n) is 9.15. The number of aryl methyl sites for hydroxylation is 1. The van der Waals surface area contributed by atoms with Crippen molar-refractivity contribution >= 4 is 11.8 Å². The number of H-pyrrole nitrogens is 1. The van der Waals surface area contributed by atoms with Crippen molar-refractivity contribution in [3.8, 4) is 0 Å². The van der Waals surface area contributed by atoms with E-state index in [1.165, 1.54) is 0 Å². The zero-order valence-corrected chi connectivity index (χ0v) is 15.3. The van der Waals surface area contributed by atoms with Gasteiger partial charge in [0.05, 0.1) is 6.54 Å². The molecule has 1 aliphatic heterocycles. The molecule has 0 unspecified atom stereocenters. The van der Waals surface area contributed by atoms with Crippen LogP contribution in [0.3, 0.4) is 0 Å². The molecule has 140 valence electrons. The van der Waals surface area contributed by atoms with Crippen molar-refractivity contribution in [1.82, 2.24) is 24.7 Å². The summed E-state index contributed by atoms with van der Waals surface area (Å²) in [5.41, 5.74) is 7.58. The molecule has 0 atom stereocenters. The molecule has 1 fully saturated rings. The zero-order chi connectivity index (χ0) is 18.8. The third-order valence-corrected chi connectivity index (χ3v) is 5.01. The summed E-state index contributed by atoms with van der Waals surface area (Å²) in [7, 11) is 0. The van der Waals surface area contributed by atoms with E-state index in [2.05, 4.69) is 25.1 Å². The van der Waals surface area contributed by atoms with Crippen LogP contribution in [0.2, 0.25) is 0 Å². The molecular weight excluding hydrogens is 342 g/mol. The van der Waals surface area contributed by atoms with Crippen molar-refractivity contribution in [2.45, 2.75) is 32.2 Å². The standard InChI is InChI=1S/C19H23N7O/c1-13-11-16(22-18(20)21-13)25-9-7-15(8-10-25)17-23-24-19(27)26(17)12-14-5-3-2-4-6-14/h2-6,11,15H,7-10,12H2,1H3,(H,24,27)(H2,20,21,22). The molecule has 1 aromatic carbocycles. The average molecular weight is 365 g/mol. The summed E-state index contributed by atoms with van der Waals surface area (Å²) in [6.45, 7) is 4.13. The molecule has 0 aliphatic carbocycles. The number of anilines is 2. The summed E-state index contributed by atoms with van der Waals surface area (Å²) in [5.74, 6) is 2.24. The normalized spacial score (nSPS) is 15.2. The highest BCUT2D eigenvalue weighted by atomic mass is 16.1. The Kier molecular flexibility index (Phi) is 4.62. The van der Waals surface area contributed by atoms with Gasteiger partial charge in [0.2, 0.25) is 5.95 Å². The molecule has 8 heteroatoms. The van der Waals surface area contributed by atoms with Gasteiger partial charge < -0.3 is 10.6 Å². The van der Waals surface area contributed by atoms with Crippen molar-refractivity contribution in [2.24, 2.45) is 0 Å². The van der Waals surface area contributed by atoms with Gasteiger partial charge in [-0.1, -0.05) is 30.3 Å². The van der Waals surface area contributed by atoms with E-state index in [1.54, 1.807) is 4.57 Å². The Morgan fingerprint density at radius 2 is 1.93 bits per heavy atom. The van der Waals surface area contributed by atoms with Crippen LogP contribution in [0.25, 0.3) is 0 Å². The van der Waals surface area contributed by atoms with Gasteiger partial charge in [0.15, 0.2) is 0 Å². The van der Waals surface area contributed by atoms with E-state index in [0.717, 1.165) is 48.8 Å². The smallest absolute Gasteiger partial charge is 0.343 e. The maximum absolute atomic E-state index is 12.3. The summed E-state index contributed by atoms with van der Waals surface area (Å²) in [5, 5.41) is 6.94. The second-order valence-corrected chi connectivity index (χ2v) is 6.95. The van der Waals surface area contributed by atoms with E-state index in [-0.39, 0.29) is 11.6 Å². The molecule has 27 heavy (non-hydrogen) atoms. The minimum absolute atomic E-state index is 0.157. The monoisotopic (exact) mass is 365 g/mol. The van der Waals surface area contributed by atoms with Gasteiger partial charge in [0.1, 0.15) is 11.6 Å². The predicted octanol–water partition coefficient (Wildman–Crippen LogP) is 1.68.